The molecule has 0 atom stereocenters. The molecule has 0 radical (unpaired) electrons. The Kier molecular flexibility index (Phi) is 1.99. The lowest BCUT2D eigenvalue weighted by molar-refractivity contribution is 0.577. The maximum absolute atomic E-state index is 5.19. The van der Waals surface area contributed by atoms with Crippen molar-refractivity contribution in [3.05, 3.63) is 36.9 Å². The number of rotatable bonds is 3. The minimum atomic E-state index is 0.508. The lowest BCUT2D eigenvalue weighted by Crippen LogP contribution is -2.01. The molecule has 80 valence electrons. The molecular weight excluding hydrogens is 208 g/mol. The first kappa shape index (κ1) is 8.84. The van der Waals surface area contributed by atoms with Gasteiger partial charge in [0, 0.05) is 0 Å². The van der Waals surface area contributed by atoms with Gasteiger partial charge in [-0.05, 0) is 12.1 Å². The molecule has 3 heterocycles. The molecule has 0 bridgehead atoms. The van der Waals surface area contributed by atoms with Gasteiger partial charge < -0.3 is 4.42 Å². The molecule has 0 saturated carbocycles. The lowest BCUT2D eigenvalue weighted by atomic mass is 10.4. The first-order valence-corrected chi connectivity index (χ1v) is 4.69. The van der Waals surface area contributed by atoms with Gasteiger partial charge in [-0.1, -0.05) is 0 Å². The topological polar surface area (TPSA) is 85.4 Å². The van der Waals surface area contributed by atoms with E-state index in [0.29, 0.717) is 24.0 Å². The Morgan fingerprint density at radius 2 is 2.44 bits per heavy atom. The molecule has 7 nitrogen and oxygen atoms in total. The maximum atomic E-state index is 5.19. The zero-order valence-corrected chi connectivity index (χ0v) is 8.24. The van der Waals surface area contributed by atoms with Crippen molar-refractivity contribution in [1.29, 1.82) is 0 Å². The average Bonchev–Trinajstić information content (AvgIpc) is 2.99. The fourth-order valence-corrected chi connectivity index (χ4v) is 1.35. The quantitative estimate of drug-likeness (QED) is 0.696. The lowest BCUT2D eigenvalue weighted by Gasteiger charge is -1.93. The van der Waals surface area contributed by atoms with Crippen LogP contribution in [0.1, 0.15) is 5.82 Å². The smallest absolute Gasteiger partial charge is 0.216 e. The van der Waals surface area contributed by atoms with E-state index in [4.69, 9.17) is 4.42 Å². The highest BCUT2D eigenvalue weighted by molar-refractivity contribution is 5.45. The Bertz CT molecular complexity index is 553. The van der Waals surface area contributed by atoms with Crippen molar-refractivity contribution < 1.29 is 4.42 Å². The molecule has 3 aromatic heterocycles. The van der Waals surface area contributed by atoms with E-state index in [0.717, 1.165) is 0 Å². The van der Waals surface area contributed by atoms with Gasteiger partial charge in [0.05, 0.1) is 6.26 Å². The van der Waals surface area contributed by atoms with Crippen LogP contribution < -0.4 is 0 Å². The van der Waals surface area contributed by atoms with E-state index in [9.17, 15) is 0 Å². The van der Waals surface area contributed by atoms with Gasteiger partial charge in [0.2, 0.25) is 5.82 Å². The summed E-state index contributed by atoms with van der Waals surface area (Å²) in [5.74, 6) is 1.89. The van der Waals surface area contributed by atoms with E-state index in [1.807, 2.05) is 6.07 Å². The molecular formula is C9H8N6O. The number of hydrogen-bond donors (Lipinski definition) is 1. The van der Waals surface area contributed by atoms with Crippen molar-refractivity contribution in [3.63, 3.8) is 0 Å². The first-order valence-electron chi connectivity index (χ1n) is 4.69. The van der Waals surface area contributed by atoms with Crippen molar-refractivity contribution in [2.24, 2.45) is 0 Å². The Balaban J connectivity index is 1.83. The number of aromatic nitrogens is 6. The van der Waals surface area contributed by atoms with Crippen LogP contribution in [0.25, 0.3) is 11.6 Å². The van der Waals surface area contributed by atoms with Gasteiger partial charge in [0.1, 0.15) is 25.0 Å². The highest BCUT2D eigenvalue weighted by Gasteiger charge is 2.08. The molecule has 0 aliphatic rings. The van der Waals surface area contributed by atoms with Crippen LogP contribution >= 0.6 is 0 Å². The van der Waals surface area contributed by atoms with Gasteiger partial charge in [-0.2, -0.15) is 5.10 Å². The summed E-state index contributed by atoms with van der Waals surface area (Å²) in [5, 5.41) is 10.8. The highest BCUT2D eigenvalue weighted by atomic mass is 16.3. The zero-order chi connectivity index (χ0) is 10.8. The van der Waals surface area contributed by atoms with E-state index in [2.05, 4.69) is 25.3 Å². The molecule has 0 saturated heterocycles. The molecule has 0 amide bonds. The van der Waals surface area contributed by atoms with Crippen LogP contribution in [0.15, 0.2) is 35.5 Å². The van der Waals surface area contributed by atoms with Gasteiger partial charge in [-0.25, -0.2) is 14.6 Å². The fourth-order valence-electron chi connectivity index (χ4n) is 1.35. The average molecular weight is 216 g/mol. The molecule has 3 aromatic rings. The number of furan rings is 1. The minimum Gasteiger partial charge on any atom is -0.461 e. The molecule has 0 unspecified atom stereocenters. The van der Waals surface area contributed by atoms with Gasteiger partial charge >= 0.3 is 0 Å². The monoisotopic (exact) mass is 216 g/mol. The summed E-state index contributed by atoms with van der Waals surface area (Å²) in [7, 11) is 0. The normalized spacial score (nSPS) is 10.8. The van der Waals surface area contributed by atoms with Crippen LogP contribution in [-0.2, 0) is 6.54 Å². The van der Waals surface area contributed by atoms with Crippen molar-refractivity contribution in [2.75, 3.05) is 0 Å². The number of nitrogens with one attached hydrogen (secondary N) is 1. The third-order valence-corrected chi connectivity index (χ3v) is 2.05. The molecule has 0 fully saturated rings. The van der Waals surface area contributed by atoms with Crippen LogP contribution in [0, 0.1) is 0 Å². The van der Waals surface area contributed by atoms with Crippen molar-refractivity contribution in [1.82, 2.24) is 29.9 Å². The number of H-pyrrole nitrogens is 1. The molecule has 1 N–H and O–H groups in total. The van der Waals surface area contributed by atoms with E-state index >= 15 is 0 Å². The molecule has 16 heavy (non-hydrogen) atoms. The molecule has 0 aromatic carbocycles. The van der Waals surface area contributed by atoms with E-state index in [1.165, 1.54) is 6.33 Å². The molecule has 0 spiro atoms. The van der Waals surface area contributed by atoms with E-state index in [1.54, 1.807) is 23.3 Å². The van der Waals surface area contributed by atoms with Gasteiger partial charge in [-0.3, -0.25) is 5.10 Å². The Morgan fingerprint density at radius 1 is 1.44 bits per heavy atom. The summed E-state index contributed by atoms with van der Waals surface area (Å²) in [6, 6.07) is 3.60. The van der Waals surface area contributed by atoms with Gasteiger partial charge in [0.15, 0.2) is 5.76 Å². The van der Waals surface area contributed by atoms with Crippen LogP contribution in [0.4, 0.5) is 0 Å². The Morgan fingerprint density at radius 3 is 3.19 bits per heavy atom. The highest BCUT2D eigenvalue weighted by Crippen LogP contribution is 2.14. The van der Waals surface area contributed by atoms with E-state index < -0.39 is 0 Å². The SMILES string of the molecule is c1coc(-c2n[nH]c(Cn3cncn3)n2)c1. The maximum Gasteiger partial charge on any atom is 0.216 e. The number of aromatic amines is 1. The van der Waals surface area contributed by atoms with Crippen molar-refractivity contribution in [3.8, 4) is 11.6 Å². The van der Waals surface area contributed by atoms with Crippen molar-refractivity contribution >= 4 is 0 Å². The first-order chi connectivity index (χ1) is 7.92. The van der Waals surface area contributed by atoms with Crippen molar-refractivity contribution in [2.45, 2.75) is 6.54 Å². The summed E-state index contributed by atoms with van der Waals surface area (Å²) in [6.07, 6.45) is 4.68. The molecule has 3 rings (SSSR count). The third kappa shape index (κ3) is 1.58. The van der Waals surface area contributed by atoms with Crippen LogP contribution in [0.3, 0.4) is 0 Å². The van der Waals surface area contributed by atoms with Crippen LogP contribution in [0.5, 0.6) is 0 Å². The second-order valence-corrected chi connectivity index (χ2v) is 3.18. The van der Waals surface area contributed by atoms with Gasteiger partial charge in [-0.15, -0.1) is 5.10 Å². The predicted octanol–water partition coefficient (Wildman–Crippen LogP) is 0.704. The zero-order valence-electron chi connectivity index (χ0n) is 8.24. The molecule has 7 heteroatoms. The minimum absolute atomic E-state index is 0.508. The van der Waals surface area contributed by atoms with Gasteiger partial charge in [0.25, 0.3) is 0 Å². The number of hydrogen-bond acceptors (Lipinski definition) is 5. The second kappa shape index (κ2) is 3.61. The van der Waals surface area contributed by atoms with E-state index in [-0.39, 0.29) is 0 Å². The second-order valence-electron chi connectivity index (χ2n) is 3.18. The molecule has 0 aliphatic carbocycles. The summed E-state index contributed by atoms with van der Waals surface area (Å²) in [5.41, 5.74) is 0. The Hall–Kier alpha value is -2.44. The third-order valence-electron chi connectivity index (χ3n) is 2.05. The molecule has 0 aliphatic heterocycles. The fraction of sp³-hybridized carbons (Fsp3) is 0.111. The number of nitrogens with zero attached hydrogens (tertiary/aromatic N) is 5. The van der Waals surface area contributed by atoms with Crippen LogP contribution in [-0.4, -0.2) is 29.9 Å². The largest absolute Gasteiger partial charge is 0.461 e. The predicted molar refractivity (Wildman–Crippen MR) is 53.2 cm³/mol. The van der Waals surface area contributed by atoms with Crippen LogP contribution in [0.2, 0.25) is 0 Å². The standard InChI is InChI=1S/C9H8N6O/c1-2-7(16-3-1)9-12-8(13-14-9)4-15-6-10-5-11-15/h1-3,5-6H,4H2,(H,12,13,14). The summed E-state index contributed by atoms with van der Waals surface area (Å²) in [4.78, 5) is 8.12. The summed E-state index contributed by atoms with van der Waals surface area (Å²) in [6.45, 7) is 0.508. The summed E-state index contributed by atoms with van der Waals surface area (Å²) < 4.78 is 6.85. The summed E-state index contributed by atoms with van der Waals surface area (Å²) >= 11 is 0. The Labute approximate surface area is 90.1 Å².